The molecular weight excluding hydrogens is 282 g/mol. The number of carboxylic acid groups (broad SMARTS) is 1. The first-order chi connectivity index (χ1) is 9.82. The third-order valence-corrected chi connectivity index (χ3v) is 2.41. The lowest BCUT2D eigenvalue weighted by molar-refractivity contribution is -0.385. The van der Waals surface area contributed by atoms with Crippen LogP contribution in [0.4, 0.5) is 16.3 Å². The van der Waals surface area contributed by atoms with Crippen molar-refractivity contribution in [3.8, 4) is 0 Å². The number of carboxylic acids is 1. The topological polar surface area (TPSA) is 138 Å². The van der Waals surface area contributed by atoms with E-state index in [2.05, 4.69) is 15.6 Å². The molecule has 1 aromatic heterocycles. The van der Waals surface area contributed by atoms with E-state index in [9.17, 15) is 19.7 Å². The number of hydrogen-bond donors (Lipinski definition) is 3. The van der Waals surface area contributed by atoms with Crippen molar-refractivity contribution < 1.29 is 19.6 Å². The Kier molecular flexibility index (Phi) is 5.40. The second kappa shape index (κ2) is 7.03. The third kappa shape index (κ3) is 4.60. The Labute approximate surface area is 119 Å². The molecule has 1 aromatic rings. The Hall–Kier alpha value is -2.91. The Balaban J connectivity index is 2.68. The van der Waals surface area contributed by atoms with E-state index in [0.29, 0.717) is 0 Å². The van der Waals surface area contributed by atoms with E-state index >= 15 is 0 Å². The van der Waals surface area contributed by atoms with Crippen molar-refractivity contribution in [3.05, 3.63) is 27.9 Å². The van der Waals surface area contributed by atoms with Crippen LogP contribution in [0.3, 0.4) is 0 Å². The highest BCUT2D eigenvalue weighted by atomic mass is 16.6. The van der Waals surface area contributed by atoms with Crippen molar-refractivity contribution in [3.63, 3.8) is 0 Å². The molecule has 1 heterocycles. The summed E-state index contributed by atoms with van der Waals surface area (Å²) in [7, 11) is 3.17. The van der Waals surface area contributed by atoms with E-state index in [4.69, 9.17) is 5.11 Å². The molecule has 10 heteroatoms. The van der Waals surface area contributed by atoms with Crippen molar-refractivity contribution >= 4 is 23.5 Å². The van der Waals surface area contributed by atoms with E-state index in [0.717, 1.165) is 12.3 Å². The number of anilines is 1. The van der Waals surface area contributed by atoms with E-state index in [1.165, 1.54) is 4.90 Å². The van der Waals surface area contributed by atoms with Gasteiger partial charge in [0, 0.05) is 33.3 Å². The Morgan fingerprint density at radius 2 is 2.10 bits per heavy atom. The van der Waals surface area contributed by atoms with E-state index in [1.54, 1.807) is 14.1 Å². The van der Waals surface area contributed by atoms with Gasteiger partial charge in [0.15, 0.2) is 0 Å². The number of urea groups is 1. The molecule has 0 saturated heterocycles. The standard InChI is InChI=1S/C11H15N5O5/c1-15(2)11(19)13-4-3-12-9-8(10(17)18)5-7(6-14-9)16(20)21/h5-6H,3-4H2,1-2H3,(H,12,14)(H,13,19)(H,17,18). The number of aromatic carboxylic acids is 1. The summed E-state index contributed by atoms with van der Waals surface area (Å²) in [6, 6.07) is 0.641. The van der Waals surface area contributed by atoms with Gasteiger partial charge in [-0.2, -0.15) is 0 Å². The molecule has 1 rings (SSSR count). The SMILES string of the molecule is CN(C)C(=O)NCCNc1ncc([N+](=O)[O-])cc1C(=O)O. The summed E-state index contributed by atoms with van der Waals surface area (Å²) in [6.07, 6.45) is 0.965. The van der Waals surface area contributed by atoms with E-state index < -0.39 is 16.6 Å². The van der Waals surface area contributed by atoms with E-state index in [1.807, 2.05) is 0 Å². The maximum atomic E-state index is 11.3. The first-order valence-corrected chi connectivity index (χ1v) is 5.89. The fourth-order valence-corrected chi connectivity index (χ4v) is 1.37. The minimum absolute atomic E-state index is 0.00667. The van der Waals surface area contributed by atoms with Crippen LogP contribution in [0, 0.1) is 10.1 Å². The predicted molar refractivity (Wildman–Crippen MR) is 73.4 cm³/mol. The van der Waals surface area contributed by atoms with Crippen molar-refractivity contribution in [2.75, 3.05) is 32.5 Å². The van der Waals surface area contributed by atoms with Gasteiger partial charge >= 0.3 is 12.0 Å². The number of nitro groups is 1. The average Bonchev–Trinajstić information content (AvgIpc) is 2.42. The molecule has 0 bridgehead atoms. The second-order valence-corrected chi connectivity index (χ2v) is 4.21. The molecule has 2 amide bonds. The number of nitrogens with zero attached hydrogens (tertiary/aromatic N) is 3. The van der Waals surface area contributed by atoms with Gasteiger partial charge in [-0.15, -0.1) is 0 Å². The van der Waals surface area contributed by atoms with Crippen LogP contribution in [0.5, 0.6) is 0 Å². The summed E-state index contributed by atoms with van der Waals surface area (Å²) in [4.78, 5) is 37.2. The summed E-state index contributed by atoms with van der Waals surface area (Å²) < 4.78 is 0. The van der Waals surface area contributed by atoms with Gasteiger partial charge in [0.05, 0.1) is 4.92 Å². The van der Waals surface area contributed by atoms with Crippen molar-refractivity contribution in [1.29, 1.82) is 0 Å². The Morgan fingerprint density at radius 1 is 1.43 bits per heavy atom. The number of carbonyl (C=O) groups is 2. The first-order valence-electron chi connectivity index (χ1n) is 5.89. The minimum atomic E-state index is -1.33. The molecule has 0 saturated carbocycles. The maximum Gasteiger partial charge on any atom is 0.339 e. The summed E-state index contributed by atoms with van der Waals surface area (Å²) in [5.41, 5.74) is -0.706. The van der Waals surface area contributed by atoms with Gasteiger partial charge in [-0.3, -0.25) is 10.1 Å². The molecule has 0 fully saturated rings. The summed E-state index contributed by atoms with van der Waals surface area (Å²) >= 11 is 0. The van der Waals surface area contributed by atoms with Gasteiger partial charge < -0.3 is 20.6 Å². The number of carbonyl (C=O) groups excluding carboxylic acids is 1. The fourth-order valence-electron chi connectivity index (χ4n) is 1.37. The highest BCUT2D eigenvalue weighted by molar-refractivity contribution is 5.93. The maximum absolute atomic E-state index is 11.3. The smallest absolute Gasteiger partial charge is 0.339 e. The largest absolute Gasteiger partial charge is 0.478 e. The molecule has 0 aromatic carbocycles. The number of pyridine rings is 1. The molecule has 0 aliphatic rings. The molecular formula is C11H15N5O5. The van der Waals surface area contributed by atoms with Crippen LogP contribution in [0.1, 0.15) is 10.4 Å². The lowest BCUT2D eigenvalue weighted by Gasteiger charge is -2.13. The summed E-state index contributed by atoms with van der Waals surface area (Å²) in [5.74, 6) is -1.32. The lowest BCUT2D eigenvalue weighted by atomic mass is 10.2. The summed E-state index contributed by atoms with van der Waals surface area (Å²) in [6.45, 7) is 0.472. The minimum Gasteiger partial charge on any atom is -0.478 e. The van der Waals surface area contributed by atoms with Crippen LogP contribution in [-0.4, -0.2) is 59.1 Å². The molecule has 114 valence electrons. The molecule has 0 aliphatic heterocycles. The Morgan fingerprint density at radius 3 is 2.62 bits per heavy atom. The van der Waals surface area contributed by atoms with E-state index in [-0.39, 0.29) is 30.5 Å². The van der Waals surface area contributed by atoms with Gasteiger partial charge in [0.1, 0.15) is 17.6 Å². The van der Waals surface area contributed by atoms with Crippen LogP contribution in [-0.2, 0) is 0 Å². The number of aromatic nitrogens is 1. The summed E-state index contributed by atoms with van der Waals surface area (Å²) in [5, 5.41) is 24.9. The normalized spacial score (nSPS) is 9.81. The quantitative estimate of drug-likeness (QED) is 0.392. The van der Waals surface area contributed by atoms with Crippen molar-refractivity contribution in [2.45, 2.75) is 0 Å². The highest BCUT2D eigenvalue weighted by Gasteiger charge is 2.17. The van der Waals surface area contributed by atoms with Gasteiger partial charge in [-0.05, 0) is 0 Å². The fraction of sp³-hybridized carbons (Fsp3) is 0.364. The molecule has 0 aliphatic carbocycles. The Bertz CT molecular complexity index is 560. The molecule has 0 atom stereocenters. The zero-order valence-electron chi connectivity index (χ0n) is 11.5. The molecule has 0 radical (unpaired) electrons. The second-order valence-electron chi connectivity index (χ2n) is 4.21. The van der Waals surface area contributed by atoms with Crippen molar-refractivity contribution in [2.24, 2.45) is 0 Å². The lowest BCUT2D eigenvalue weighted by Crippen LogP contribution is -2.37. The van der Waals surface area contributed by atoms with Crippen LogP contribution in [0.15, 0.2) is 12.3 Å². The molecule has 0 unspecified atom stereocenters. The van der Waals surface area contributed by atoms with Crippen molar-refractivity contribution in [1.82, 2.24) is 15.2 Å². The van der Waals surface area contributed by atoms with Crippen LogP contribution < -0.4 is 10.6 Å². The molecule has 3 N–H and O–H groups in total. The first kappa shape index (κ1) is 16.1. The molecule has 21 heavy (non-hydrogen) atoms. The number of hydrogen-bond acceptors (Lipinski definition) is 6. The number of rotatable bonds is 6. The van der Waals surface area contributed by atoms with Crippen LogP contribution in [0.25, 0.3) is 0 Å². The van der Waals surface area contributed by atoms with Gasteiger partial charge in [-0.1, -0.05) is 0 Å². The van der Waals surface area contributed by atoms with Crippen LogP contribution >= 0.6 is 0 Å². The zero-order chi connectivity index (χ0) is 16.0. The monoisotopic (exact) mass is 297 g/mol. The zero-order valence-corrected chi connectivity index (χ0v) is 11.5. The number of nitrogens with one attached hydrogen (secondary N) is 2. The van der Waals surface area contributed by atoms with Gasteiger partial charge in [0.2, 0.25) is 0 Å². The number of amides is 2. The highest BCUT2D eigenvalue weighted by Crippen LogP contribution is 2.18. The van der Waals surface area contributed by atoms with Gasteiger partial charge in [0.25, 0.3) is 5.69 Å². The van der Waals surface area contributed by atoms with Crippen LogP contribution in [0.2, 0.25) is 0 Å². The molecule has 10 nitrogen and oxygen atoms in total. The molecule has 0 spiro atoms. The third-order valence-electron chi connectivity index (χ3n) is 2.41. The predicted octanol–water partition coefficient (Wildman–Crippen LogP) is 0.371. The average molecular weight is 297 g/mol. The van der Waals surface area contributed by atoms with Gasteiger partial charge in [-0.25, -0.2) is 14.6 Å².